The van der Waals surface area contributed by atoms with E-state index >= 15 is 0 Å². The molecule has 2 aromatic carbocycles. The number of carbonyl (C=O) groups excluding carboxylic acids is 2. The van der Waals surface area contributed by atoms with Crippen molar-refractivity contribution in [3.8, 4) is 0 Å². The van der Waals surface area contributed by atoms with Crippen LogP contribution >= 0.6 is 11.3 Å². The van der Waals surface area contributed by atoms with Gasteiger partial charge in [-0.1, -0.05) is 42.5 Å². The number of thiophene rings is 1. The SMILES string of the molecule is O=C(OC(c1ccccc1)c1ccc(F)c(F)c1)O[C@H]1C[N+]2(CC(=O)c3cccs3)CCC1CC2.[Cl-]. The highest BCUT2D eigenvalue weighted by Crippen LogP contribution is 2.37. The van der Waals surface area contributed by atoms with Crippen LogP contribution in [0.2, 0.25) is 0 Å². The molecular weight excluding hydrogens is 508 g/mol. The lowest BCUT2D eigenvalue weighted by Gasteiger charge is -2.51. The third-order valence-corrected chi connectivity index (χ3v) is 8.04. The van der Waals surface area contributed by atoms with E-state index in [1.807, 2.05) is 23.6 Å². The third-order valence-electron chi connectivity index (χ3n) is 7.13. The summed E-state index contributed by atoms with van der Waals surface area (Å²) in [5, 5.41) is 1.90. The summed E-state index contributed by atoms with van der Waals surface area (Å²) in [6, 6.07) is 16.0. The molecule has 2 bridgehead atoms. The lowest BCUT2D eigenvalue weighted by molar-refractivity contribution is -0.938. The summed E-state index contributed by atoms with van der Waals surface area (Å²) in [6.45, 7) is 2.73. The number of ketones is 1. The maximum atomic E-state index is 13.9. The van der Waals surface area contributed by atoms with E-state index in [0.717, 1.165) is 42.9 Å². The largest absolute Gasteiger partial charge is 1.00 e. The number of benzene rings is 2. The average molecular weight is 534 g/mol. The molecule has 0 saturated carbocycles. The molecule has 0 N–H and O–H groups in total. The van der Waals surface area contributed by atoms with Gasteiger partial charge in [0.15, 0.2) is 23.8 Å². The normalized spacial score (nSPS) is 23.4. The summed E-state index contributed by atoms with van der Waals surface area (Å²) in [5.41, 5.74) is 0.931. The zero-order chi connectivity index (χ0) is 24.4. The number of ether oxygens (including phenoxy) is 2. The number of Topliss-reactive ketones (excluding diaryl/α,β-unsaturated/α-hetero) is 1. The number of rotatable bonds is 7. The second-order valence-corrected chi connectivity index (χ2v) is 10.3. The van der Waals surface area contributed by atoms with Crippen LogP contribution in [0.1, 0.15) is 39.7 Å². The van der Waals surface area contributed by atoms with Crippen molar-refractivity contribution in [2.75, 3.05) is 26.2 Å². The van der Waals surface area contributed by atoms with Gasteiger partial charge in [0, 0.05) is 24.3 Å². The van der Waals surface area contributed by atoms with E-state index in [4.69, 9.17) is 9.47 Å². The van der Waals surface area contributed by atoms with E-state index in [-0.39, 0.29) is 30.2 Å². The van der Waals surface area contributed by atoms with Gasteiger partial charge in [-0.2, -0.15) is 0 Å². The minimum atomic E-state index is -1.01. The van der Waals surface area contributed by atoms with E-state index in [1.165, 1.54) is 17.4 Å². The highest BCUT2D eigenvalue weighted by Gasteiger charge is 2.49. The van der Waals surface area contributed by atoms with Gasteiger partial charge in [-0.05, 0) is 29.1 Å². The molecule has 6 rings (SSSR count). The second kappa shape index (κ2) is 11.1. The molecule has 1 unspecified atom stereocenters. The Bertz CT molecular complexity index is 1200. The molecular formula is C27H26ClF2NO4S. The number of halogens is 3. The Morgan fingerprint density at radius 1 is 0.972 bits per heavy atom. The van der Waals surface area contributed by atoms with Crippen LogP contribution in [0.25, 0.3) is 0 Å². The minimum Gasteiger partial charge on any atom is -1.00 e. The van der Waals surface area contributed by atoms with Crippen LogP contribution in [-0.2, 0) is 9.47 Å². The van der Waals surface area contributed by atoms with Gasteiger partial charge in [0.2, 0.25) is 5.78 Å². The predicted octanol–water partition coefficient (Wildman–Crippen LogP) is 2.76. The van der Waals surface area contributed by atoms with E-state index in [2.05, 4.69) is 0 Å². The lowest BCUT2D eigenvalue weighted by Crippen LogP contribution is -3.00. The fourth-order valence-electron chi connectivity index (χ4n) is 5.28. The van der Waals surface area contributed by atoms with Gasteiger partial charge in [0.1, 0.15) is 13.1 Å². The van der Waals surface area contributed by atoms with Crippen LogP contribution in [0, 0.1) is 17.6 Å². The molecule has 3 aliphatic heterocycles. The molecule has 1 aromatic heterocycles. The highest BCUT2D eigenvalue weighted by molar-refractivity contribution is 7.12. The van der Waals surface area contributed by atoms with Crippen molar-refractivity contribution in [3.63, 3.8) is 0 Å². The monoisotopic (exact) mass is 533 g/mol. The van der Waals surface area contributed by atoms with Crippen molar-refractivity contribution in [2.45, 2.75) is 25.0 Å². The fraction of sp³-hybridized carbons (Fsp3) is 0.333. The molecule has 2 atom stereocenters. The molecule has 36 heavy (non-hydrogen) atoms. The van der Waals surface area contributed by atoms with Crippen LogP contribution in [0.5, 0.6) is 0 Å². The third kappa shape index (κ3) is 5.61. The van der Waals surface area contributed by atoms with Crippen molar-refractivity contribution in [1.82, 2.24) is 0 Å². The first-order valence-electron chi connectivity index (χ1n) is 11.7. The van der Waals surface area contributed by atoms with Crippen LogP contribution in [0.4, 0.5) is 13.6 Å². The van der Waals surface area contributed by atoms with Gasteiger partial charge >= 0.3 is 6.16 Å². The van der Waals surface area contributed by atoms with Crippen molar-refractivity contribution in [1.29, 1.82) is 0 Å². The number of hydrogen-bond acceptors (Lipinski definition) is 5. The minimum absolute atomic E-state index is 0. The number of nitrogens with zero attached hydrogens (tertiary/aromatic N) is 1. The smallest absolute Gasteiger partial charge is 0.509 e. The molecule has 0 amide bonds. The molecule has 9 heteroatoms. The zero-order valence-electron chi connectivity index (χ0n) is 19.4. The molecule has 5 nitrogen and oxygen atoms in total. The molecule has 3 aromatic rings. The van der Waals surface area contributed by atoms with E-state index in [1.54, 1.807) is 24.3 Å². The average Bonchev–Trinajstić information content (AvgIpc) is 3.41. The van der Waals surface area contributed by atoms with Gasteiger partial charge in [0.25, 0.3) is 0 Å². The topological polar surface area (TPSA) is 52.6 Å². The van der Waals surface area contributed by atoms with Crippen molar-refractivity contribution in [2.24, 2.45) is 5.92 Å². The number of piperidine rings is 3. The molecule has 190 valence electrons. The van der Waals surface area contributed by atoms with Gasteiger partial charge in [-0.15, -0.1) is 11.3 Å². The number of carbonyl (C=O) groups is 2. The standard InChI is InChI=1S/C27H26F2NO4S.ClH/c28-21-9-8-20(15-22(21)29)26(19-5-2-1-3-6-19)34-27(32)33-24-17-30(12-10-18(24)11-13-30)16-23(31)25-7-4-14-35-25;/h1-9,14-15,18,24,26H,10-13,16-17H2;1H/q+1;/p-1/t18?,24-,26?,30?;/m0./s1. The molecule has 3 saturated heterocycles. The highest BCUT2D eigenvalue weighted by atomic mass is 35.5. The van der Waals surface area contributed by atoms with Gasteiger partial charge in [-0.25, -0.2) is 13.6 Å². The molecule has 0 radical (unpaired) electrons. The number of quaternary nitrogens is 1. The predicted molar refractivity (Wildman–Crippen MR) is 127 cm³/mol. The molecule has 4 heterocycles. The van der Waals surface area contributed by atoms with Crippen LogP contribution < -0.4 is 12.4 Å². The van der Waals surface area contributed by atoms with Gasteiger partial charge in [-0.3, -0.25) is 4.79 Å². The Kier molecular flexibility index (Phi) is 8.07. The summed E-state index contributed by atoms with van der Waals surface area (Å²) in [7, 11) is 0. The first kappa shape index (κ1) is 26.3. The summed E-state index contributed by atoms with van der Waals surface area (Å²) in [5.74, 6) is -1.65. The van der Waals surface area contributed by atoms with Crippen molar-refractivity contribution < 1.29 is 44.7 Å². The molecule has 3 aliphatic rings. The Morgan fingerprint density at radius 2 is 1.72 bits per heavy atom. The second-order valence-electron chi connectivity index (χ2n) is 9.36. The zero-order valence-corrected chi connectivity index (χ0v) is 21.0. The van der Waals surface area contributed by atoms with E-state index in [9.17, 15) is 18.4 Å². The maximum absolute atomic E-state index is 13.9. The van der Waals surface area contributed by atoms with Crippen LogP contribution in [0.3, 0.4) is 0 Å². The first-order chi connectivity index (χ1) is 16.9. The Balaban J connectivity index is 0.00000304. The van der Waals surface area contributed by atoms with Crippen molar-refractivity contribution in [3.05, 3.63) is 93.7 Å². The summed E-state index contributed by atoms with van der Waals surface area (Å²) >= 11 is 1.44. The Morgan fingerprint density at radius 3 is 2.39 bits per heavy atom. The Labute approximate surface area is 218 Å². The first-order valence-corrected chi connectivity index (χ1v) is 12.6. The van der Waals surface area contributed by atoms with Gasteiger partial charge in [0.05, 0.1) is 18.0 Å². The van der Waals surface area contributed by atoms with Gasteiger partial charge < -0.3 is 26.4 Å². The molecule has 0 spiro atoms. The van der Waals surface area contributed by atoms with Crippen LogP contribution in [-0.4, -0.2) is 48.7 Å². The van der Waals surface area contributed by atoms with Crippen molar-refractivity contribution >= 4 is 23.3 Å². The summed E-state index contributed by atoms with van der Waals surface area (Å²) in [4.78, 5) is 26.5. The summed E-state index contributed by atoms with van der Waals surface area (Å²) < 4.78 is 39.5. The van der Waals surface area contributed by atoms with E-state index < -0.39 is 23.9 Å². The molecule has 0 aliphatic carbocycles. The molecule has 3 fully saturated rings. The maximum Gasteiger partial charge on any atom is 0.509 e. The fourth-order valence-corrected chi connectivity index (χ4v) is 5.93. The number of fused-ring (bicyclic) bond motifs is 3. The number of hydrogen-bond donors (Lipinski definition) is 0. The summed E-state index contributed by atoms with van der Waals surface area (Å²) in [6.07, 6.45) is -0.405. The lowest BCUT2D eigenvalue weighted by atomic mass is 9.83. The quantitative estimate of drug-likeness (QED) is 0.266. The van der Waals surface area contributed by atoms with Crippen LogP contribution in [0.15, 0.2) is 66.0 Å². The Hall–Kier alpha value is -2.81. The van der Waals surface area contributed by atoms with E-state index in [0.29, 0.717) is 28.7 Å².